The van der Waals surface area contributed by atoms with Crippen LogP contribution in [-0.2, 0) is 10.2 Å². The summed E-state index contributed by atoms with van der Waals surface area (Å²) >= 11 is 0. The molecule has 1 fully saturated rings. The summed E-state index contributed by atoms with van der Waals surface area (Å²) in [5, 5.41) is 11.6. The Morgan fingerprint density at radius 1 is 1.17 bits per heavy atom. The lowest BCUT2D eigenvalue weighted by atomic mass is 9.78. The lowest BCUT2D eigenvalue weighted by molar-refractivity contribution is -0.116. The Labute approximate surface area is 172 Å². The number of methoxy groups -OCH3 is 1. The molecule has 0 bridgehead atoms. The molecule has 0 atom stereocenters. The molecule has 0 heterocycles. The highest BCUT2D eigenvalue weighted by Crippen LogP contribution is 2.44. The van der Waals surface area contributed by atoms with Crippen molar-refractivity contribution in [2.75, 3.05) is 20.3 Å². The first-order valence-electron chi connectivity index (χ1n) is 9.86. The van der Waals surface area contributed by atoms with Gasteiger partial charge in [-0.2, -0.15) is 5.26 Å². The van der Waals surface area contributed by atoms with Crippen LogP contribution in [0.15, 0.2) is 54.6 Å². The van der Waals surface area contributed by atoms with Crippen molar-refractivity contribution in [3.63, 3.8) is 0 Å². The Hall–Kier alpha value is -3.26. The van der Waals surface area contributed by atoms with Crippen molar-refractivity contribution in [1.82, 2.24) is 5.32 Å². The van der Waals surface area contributed by atoms with E-state index in [2.05, 4.69) is 11.4 Å². The van der Waals surface area contributed by atoms with E-state index in [-0.39, 0.29) is 17.9 Å². The first-order valence-corrected chi connectivity index (χ1v) is 9.86. The van der Waals surface area contributed by atoms with Gasteiger partial charge in [-0.05, 0) is 42.7 Å². The van der Waals surface area contributed by atoms with E-state index in [0.717, 1.165) is 37.0 Å². The van der Waals surface area contributed by atoms with Gasteiger partial charge in [0.25, 0.3) is 0 Å². The number of para-hydroxylation sites is 1. The SMILES string of the molecule is COc1ccccc1C1(CNC(=O)/C=C/c2ccc(OCC#N)cc2)CCCC1. The van der Waals surface area contributed by atoms with E-state index in [1.54, 1.807) is 31.4 Å². The van der Waals surface area contributed by atoms with Gasteiger partial charge in [-0.3, -0.25) is 4.79 Å². The van der Waals surface area contributed by atoms with Crippen molar-refractivity contribution >= 4 is 12.0 Å². The zero-order valence-electron chi connectivity index (χ0n) is 16.7. The largest absolute Gasteiger partial charge is 0.496 e. The van der Waals surface area contributed by atoms with Crippen molar-refractivity contribution in [3.05, 3.63) is 65.7 Å². The summed E-state index contributed by atoms with van der Waals surface area (Å²) in [6.45, 7) is 0.614. The summed E-state index contributed by atoms with van der Waals surface area (Å²) in [5.74, 6) is 1.40. The predicted octanol–water partition coefficient (Wildman–Crippen LogP) is 4.24. The highest BCUT2D eigenvalue weighted by Gasteiger charge is 2.37. The Kier molecular flexibility index (Phi) is 6.91. The molecular formula is C24H26N2O3. The van der Waals surface area contributed by atoms with Crippen molar-refractivity contribution in [2.24, 2.45) is 0 Å². The van der Waals surface area contributed by atoms with Gasteiger partial charge in [0.2, 0.25) is 5.91 Å². The number of benzene rings is 2. The molecular weight excluding hydrogens is 364 g/mol. The highest BCUT2D eigenvalue weighted by atomic mass is 16.5. The monoisotopic (exact) mass is 390 g/mol. The topological polar surface area (TPSA) is 71.3 Å². The van der Waals surface area contributed by atoms with Crippen LogP contribution in [0.25, 0.3) is 6.08 Å². The van der Waals surface area contributed by atoms with Crippen LogP contribution in [0.5, 0.6) is 11.5 Å². The molecule has 1 aliphatic rings. The first-order chi connectivity index (χ1) is 14.2. The number of ether oxygens (including phenoxy) is 2. The Morgan fingerprint density at radius 2 is 1.90 bits per heavy atom. The number of nitriles is 1. The van der Waals surface area contributed by atoms with E-state index in [4.69, 9.17) is 14.7 Å². The second-order valence-electron chi connectivity index (χ2n) is 7.25. The summed E-state index contributed by atoms with van der Waals surface area (Å²) in [6.07, 6.45) is 7.72. The molecule has 0 unspecified atom stereocenters. The van der Waals surface area contributed by atoms with Crippen molar-refractivity contribution in [2.45, 2.75) is 31.1 Å². The molecule has 3 rings (SSSR count). The average Bonchev–Trinajstić information content (AvgIpc) is 3.25. The third kappa shape index (κ3) is 5.17. The number of carbonyl (C=O) groups is 1. The van der Waals surface area contributed by atoms with Gasteiger partial charge in [-0.15, -0.1) is 0 Å². The van der Waals surface area contributed by atoms with Crippen LogP contribution in [-0.4, -0.2) is 26.2 Å². The van der Waals surface area contributed by atoms with Gasteiger partial charge in [0.05, 0.1) is 7.11 Å². The zero-order valence-corrected chi connectivity index (χ0v) is 16.7. The lowest BCUT2D eigenvalue weighted by Gasteiger charge is -2.31. The van der Waals surface area contributed by atoms with Crippen LogP contribution in [0.1, 0.15) is 36.8 Å². The van der Waals surface area contributed by atoms with Crippen LogP contribution in [0.3, 0.4) is 0 Å². The van der Waals surface area contributed by atoms with Crippen LogP contribution in [0.2, 0.25) is 0 Å². The molecule has 0 spiro atoms. The summed E-state index contributed by atoms with van der Waals surface area (Å²) in [5.41, 5.74) is 2.00. The first kappa shape index (κ1) is 20.5. The smallest absolute Gasteiger partial charge is 0.244 e. The molecule has 0 aliphatic heterocycles. The molecule has 1 aliphatic carbocycles. The fourth-order valence-electron chi connectivity index (χ4n) is 3.95. The van der Waals surface area contributed by atoms with E-state index in [9.17, 15) is 4.79 Å². The van der Waals surface area contributed by atoms with Crippen molar-refractivity contribution in [1.29, 1.82) is 5.26 Å². The predicted molar refractivity (Wildman–Crippen MR) is 113 cm³/mol. The van der Waals surface area contributed by atoms with E-state index < -0.39 is 0 Å². The molecule has 0 saturated heterocycles. The number of hydrogen-bond acceptors (Lipinski definition) is 4. The number of amides is 1. The highest BCUT2D eigenvalue weighted by molar-refractivity contribution is 5.91. The second kappa shape index (κ2) is 9.79. The molecule has 29 heavy (non-hydrogen) atoms. The van der Waals surface area contributed by atoms with Gasteiger partial charge < -0.3 is 14.8 Å². The molecule has 2 aromatic rings. The third-order valence-corrected chi connectivity index (χ3v) is 5.45. The molecule has 1 N–H and O–H groups in total. The molecule has 2 aromatic carbocycles. The average molecular weight is 390 g/mol. The third-order valence-electron chi connectivity index (χ3n) is 5.45. The molecule has 0 radical (unpaired) electrons. The summed E-state index contributed by atoms with van der Waals surface area (Å²) in [7, 11) is 1.69. The van der Waals surface area contributed by atoms with Gasteiger partial charge in [-0.25, -0.2) is 0 Å². The Balaban J connectivity index is 1.62. The van der Waals surface area contributed by atoms with Gasteiger partial charge in [0, 0.05) is 23.6 Å². The van der Waals surface area contributed by atoms with Crippen molar-refractivity contribution in [3.8, 4) is 17.6 Å². The second-order valence-corrected chi connectivity index (χ2v) is 7.25. The quantitative estimate of drug-likeness (QED) is 0.685. The van der Waals surface area contributed by atoms with E-state index in [1.807, 2.05) is 36.4 Å². The molecule has 1 saturated carbocycles. The summed E-state index contributed by atoms with van der Waals surface area (Å²) in [4.78, 5) is 12.4. The lowest BCUT2D eigenvalue weighted by Crippen LogP contribution is -2.38. The fraction of sp³-hybridized carbons (Fsp3) is 0.333. The van der Waals surface area contributed by atoms with Crippen molar-refractivity contribution < 1.29 is 14.3 Å². The van der Waals surface area contributed by atoms with E-state index in [1.165, 1.54) is 5.56 Å². The van der Waals surface area contributed by atoms with Gasteiger partial charge in [0.15, 0.2) is 6.61 Å². The molecule has 5 nitrogen and oxygen atoms in total. The molecule has 1 amide bonds. The van der Waals surface area contributed by atoms with Crippen LogP contribution in [0.4, 0.5) is 0 Å². The molecule has 150 valence electrons. The fourth-order valence-corrected chi connectivity index (χ4v) is 3.95. The normalized spacial score (nSPS) is 15.0. The van der Waals surface area contributed by atoms with Crippen LogP contribution < -0.4 is 14.8 Å². The minimum Gasteiger partial charge on any atom is -0.496 e. The minimum atomic E-state index is -0.115. The van der Waals surface area contributed by atoms with Gasteiger partial charge in [-0.1, -0.05) is 43.2 Å². The maximum absolute atomic E-state index is 12.4. The maximum atomic E-state index is 12.4. The number of nitrogens with one attached hydrogen (secondary N) is 1. The van der Waals surface area contributed by atoms with Gasteiger partial charge in [0.1, 0.15) is 17.6 Å². The number of carbonyl (C=O) groups excluding carboxylic acids is 1. The van der Waals surface area contributed by atoms with E-state index in [0.29, 0.717) is 12.3 Å². The van der Waals surface area contributed by atoms with Gasteiger partial charge >= 0.3 is 0 Å². The Morgan fingerprint density at radius 3 is 2.59 bits per heavy atom. The molecule has 0 aromatic heterocycles. The molecule has 5 heteroatoms. The van der Waals surface area contributed by atoms with Crippen LogP contribution >= 0.6 is 0 Å². The minimum absolute atomic E-state index is 0.0194. The van der Waals surface area contributed by atoms with Crippen LogP contribution in [0, 0.1) is 11.3 Å². The standard InChI is InChI=1S/C24H26N2O3/c1-28-22-7-3-2-6-21(22)24(14-4-5-15-24)18-26-23(27)13-10-19-8-11-20(12-9-19)29-17-16-25/h2-3,6-13H,4-5,14-15,17-18H2,1H3,(H,26,27)/b13-10+. The number of rotatable bonds is 8. The Bertz CT molecular complexity index is 891. The summed E-state index contributed by atoms with van der Waals surface area (Å²) in [6, 6.07) is 17.3. The number of nitrogens with zero attached hydrogens (tertiary/aromatic N) is 1. The van der Waals surface area contributed by atoms with E-state index >= 15 is 0 Å². The number of hydrogen-bond donors (Lipinski definition) is 1. The summed E-state index contributed by atoms with van der Waals surface area (Å²) < 4.78 is 10.8. The maximum Gasteiger partial charge on any atom is 0.244 e. The zero-order chi connectivity index (χ0) is 20.5.